The predicted molar refractivity (Wildman–Crippen MR) is 56.6 cm³/mol. The van der Waals surface area contributed by atoms with Gasteiger partial charge in [0.25, 0.3) is 0 Å². The van der Waals surface area contributed by atoms with Crippen LogP contribution in [0.1, 0.15) is 27.2 Å². The van der Waals surface area contributed by atoms with E-state index in [2.05, 4.69) is 46.6 Å². The van der Waals surface area contributed by atoms with Crippen molar-refractivity contribution in [2.45, 2.75) is 32.7 Å². The van der Waals surface area contributed by atoms with E-state index in [1.807, 2.05) is 0 Å². The summed E-state index contributed by atoms with van der Waals surface area (Å²) in [4.78, 5) is 4.08. The van der Waals surface area contributed by atoms with Crippen LogP contribution in [0.25, 0.3) is 5.65 Å². The number of tetrazole rings is 1. The second kappa shape index (κ2) is 3.45. The normalized spacial score (nSPS) is 11.9. The number of aromatic nitrogens is 5. The number of rotatable bonds is 3. The van der Waals surface area contributed by atoms with Crippen LogP contribution in [0.4, 0.5) is 5.82 Å². The van der Waals surface area contributed by atoms with E-state index >= 15 is 0 Å². The molecule has 0 aliphatic rings. The Morgan fingerprint density at radius 3 is 2.93 bits per heavy atom. The molecule has 0 saturated heterocycles. The van der Waals surface area contributed by atoms with Gasteiger partial charge in [0.05, 0.1) is 12.4 Å². The maximum Gasteiger partial charge on any atom is 0.199 e. The van der Waals surface area contributed by atoms with Crippen LogP contribution in [0.2, 0.25) is 0 Å². The van der Waals surface area contributed by atoms with E-state index in [1.54, 1.807) is 16.9 Å². The summed E-state index contributed by atoms with van der Waals surface area (Å²) in [6.45, 7) is 6.37. The van der Waals surface area contributed by atoms with E-state index in [0.717, 1.165) is 12.2 Å². The molecule has 0 saturated carbocycles. The molecule has 1 N–H and O–H groups in total. The molecule has 6 heteroatoms. The minimum atomic E-state index is 0.00190. The van der Waals surface area contributed by atoms with Gasteiger partial charge in [-0.25, -0.2) is 0 Å². The zero-order valence-electron chi connectivity index (χ0n) is 9.10. The number of nitrogens with zero attached hydrogens (tertiary/aromatic N) is 5. The Kier molecular flexibility index (Phi) is 2.26. The highest BCUT2D eigenvalue weighted by atomic mass is 15.5. The zero-order chi connectivity index (χ0) is 10.9. The fraction of sp³-hybridized carbons (Fsp3) is 0.556. The van der Waals surface area contributed by atoms with Gasteiger partial charge in [-0.15, -0.1) is 5.10 Å². The molecular weight excluding hydrogens is 192 g/mol. The summed E-state index contributed by atoms with van der Waals surface area (Å²) in [6, 6.07) is 0. The van der Waals surface area contributed by atoms with Gasteiger partial charge in [0, 0.05) is 5.54 Å². The molecular formula is C9H14N6. The van der Waals surface area contributed by atoms with Crippen molar-refractivity contribution in [2.24, 2.45) is 0 Å². The van der Waals surface area contributed by atoms with Crippen LogP contribution < -0.4 is 5.32 Å². The van der Waals surface area contributed by atoms with Crippen molar-refractivity contribution in [1.82, 2.24) is 25.0 Å². The Hall–Kier alpha value is -1.72. The average molecular weight is 206 g/mol. The van der Waals surface area contributed by atoms with Crippen LogP contribution in [0.3, 0.4) is 0 Å². The van der Waals surface area contributed by atoms with Crippen molar-refractivity contribution in [3.63, 3.8) is 0 Å². The van der Waals surface area contributed by atoms with Crippen molar-refractivity contribution in [3.8, 4) is 0 Å². The van der Waals surface area contributed by atoms with Gasteiger partial charge in [0.2, 0.25) is 0 Å². The van der Waals surface area contributed by atoms with Crippen LogP contribution in [0.5, 0.6) is 0 Å². The molecule has 2 aromatic rings. The van der Waals surface area contributed by atoms with Crippen LogP contribution in [0, 0.1) is 0 Å². The molecule has 0 aliphatic carbocycles. The van der Waals surface area contributed by atoms with Gasteiger partial charge < -0.3 is 5.32 Å². The standard InChI is InChI=1S/C9H14N6/c1-4-9(2,3)11-7-5-10-6-8-12-13-14-15(7)8/h5-6,11H,4H2,1-3H3. The predicted octanol–water partition coefficient (Wildman–Crippen LogP) is 1.12. The van der Waals surface area contributed by atoms with Crippen LogP contribution in [-0.2, 0) is 0 Å². The number of hydrogen-bond acceptors (Lipinski definition) is 5. The third-order valence-electron chi connectivity index (χ3n) is 2.46. The maximum atomic E-state index is 4.08. The molecule has 15 heavy (non-hydrogen) atoms. The minimum absolute atomic E-state index is 0.00190. The molecule has 0 atom stereocenters. The highest BCUT2D eigenvalue weighted by Crippen LogP contribution is 2.16. The number of anilines is 1. The van der Waals surface area contributed by atoms with Crippen LogP contribution in [0.15, 0.2) is 12.4 Å². The second-order valence-electron chi connectivity index (χ2n) is 4.10. The van der Waals surface area contributed by atoms with Gasteiger partial charge in [-0.05, 0) is 30.7 Å². The summed E-state index contributed by atoms with van der Waals surface area (Å²) < 4.78 is 1.64. The van der Waals surface area contributed by atoms with Crippen LogP contribution in [-0.4, -0.2) is 30.6 Å². The lowest BCUT2D eigenvalue weighted by atomic mass is 10.0. The number of nitrogens with one attached hydrogen (secondary N) is 1. The van der Waals surface area contributed by atoms with Crippen molar-refractivity contribution < 1.29 is 0 Å². The molecule has 0 bridgehead atoms. The quantitative estimate of drug-likeness (QED) is 0.815. The third-order valence-corrected chi connectivity index (χ3v) is 2.46. The summed E-state index contributed by atoms with van der Waals surface area (Å²) in [5.74, 6) is 0.810. The molecule has 0 fully saturated rings. The van der Waals surface area contributed by atoms with E-state index in [1.165, 1.54) is 0 Å². The lowest BCUT2D eigenvalue weighted by Gasteiger charge is -2.25. The Labute approximate surface area is 87.7 Å². The van der Waals surface area contributed by atoms with Crippen molar-refractivity contribution in [1.29, 1.82) is 0 Å². The van der Waals surface area contributed by atoms with Gasteiger partial charge in [-0.3, -0.25) is 4.98 Å². The van der Waals surface area contributed by atoms with Crippen molar-refractivity contribution in [2.75, 3.05) is 5.32 Å². The highest BCUT2D eigenvalue weighted by Gasteiger charge is 2.16. The van der Waals surface area contributed by atoms with Gasteiger partial charge in [-0.1, -0.05) is 6.92 Å². The van der Waals surface area contributed by atoms with Gasteiger partial charge in [0.1, 0.15) is 0 Å². The highest BCUT2D eigenvalue weighted by molar-refractivity contribution is 5.44. The van der Waals surface area contributed by atoms with E-state index in [-0.39, 0.29) is 5.54 Å². The molecule has 0 aromatic carbocycles. The maximum absolute atomic E-state index is 4.08. The molecule has 0 unspecified atom stereocenters. The Morgan fingerprint density at radius 1 is 1.40 bits per heavy atom. The average Bonchev–Trinajstić information content (AvgIpc) is 2.66. The zero-order valence-corrected chi connectivity index (χ0v) is 9.10. The third kappa shape index (κ3) is 1.88. The lowest BCUT2D eigenvalue weighted by Crippen LogP contribution is -2.30. The molecule has 2 aromatic heterocycles. The molecule has 80 valence electrons. The van der Waals surface area contributed by atoms with E-state index in [9.17, 15) is 0 Å². The second-order valence-corrected chi connectivity index (χ2v) is 4.10. The van der Waals surface area contributed by atoms with E-state index < -0.39 is 0 Å². The molecule has 2 heterocycles. The molecule has 0 spiro atoms. The van der Waals surface area contributed by atoms with E-state index in [0.29, 0.717) is 5.65 Å². The SMILES string of the molecule is CCC(C)(C)Nc1cncc2nnnn12. The molecule has 0 aliphatic heterocycles. The summed E-state index contributed by atoms with van der Waals surface area (Å²) in [7, 11) is 0. The summed E-state index contributed by atoms with van der Waals surface area (Å²) in [5.41, 5.74) is 0.647. The van der Waals surface area contributed by atoms with Crippen LogP contribution >= 0.6 is 0 Å². The Bertz CT molecular complexity index is 460. The van der Waals surface area contributed by atoms with E-state index in [4.69, 9.17) is 0 Å². The number of hydrogen-bond donors (Lipinski definition) is 1. The first-order valence-corrected chi connectivity index (χ1v) is 4.93. The summed E-state index contributed by atoms with van der Waals surface area (Å²) in [5, 5.41) is 14.7. The first kappa shape index (κ1) is 9.82. The van der Waals surface area contributed by atoms with Gasteiger partial charge in [0.15, 0.2) is 11.5 Å². The first-order chi connectivity index (χ1) is 7.12. The lowest BCUT2D eigenvalue weighted by molar-refractivity contribution is 0.541. The van der Waals surface area contributed by atoms with Gasteiger partial charge >= 0.3 is 0 Å². The Balaban J connectivity index is 2.39. The van der Waals surface area contributed by atoms with Crippen molar-refractivity contribution in [3.05, 3.63) is 12.4 Å². The molecule has 0 amide bonds. The number of fused-ring (bicyclic) bond motifs is 1. The fourth-order valence-corrected chi connectivity index (χ4v) is 1.20. The monoisotopic (exact) mass is 206 g/mol. The summed E-state index contributed by atoms with van der Waals surface area (Å²) >= 11 is 0. The largest absolute Gasteiger partial charge is 0.364 e. The Morgan fingerprint density at radius 2 is 2.20 bits per heavy atom. The molecule has 6 nitrogen and oxygen atoms in total. The smallest absolute Gasteiger partial charge is 0.199 e. The molecule has 0 radical (unpaired) electrons. The molecule has 2 rings (SSSR count). The minimum Gasteiger partial charge on any atom is -0.364 e. The summed E-state index contributed by atoms with van der Waals surface area (Å²) in [6.07, 6.45) is 4.36. The van der Waals surface area contributed by atoms with Gasteiger partial charge in [-0.2, -0.15) is 4.52 Å². The topological polar surface area (TPSA) is 68.0 Å². The first-order valence-electron chi connectivity index (χ1n) is 4.93. The van der Waals surface area contributed by atoms with Crippen molar-refractivity contribution >= 4 is 11.5 Å². The fourth-order valence-electron chi connectivity index (χ4n) is 1.20.